The van der Waals surface area contributed by atoms with Gasteiger partial charge in [0.25, 0.3) is 0 Å². The number of hydrogen-bond acceptors (Lipinski definition) is 4. The molecule has 0 spiro atoms. The second kappa shape index (κ2) is 6.20. The highest BCUT2D eigenvalue weighted by molar-refractivity contribution is 7.58. The minimum atomic E-state index is -2.58. The Hall–Kier alpha value is -0.340. The van der Waals surface area contributed by atoms with E-state index in [2.05, 4.69) is 0 Å². The highest BCUT2D eigenvalue weighted by Gasteiger charge is 2.16. The molecule has 0 heterocycles. The minimum absolute atomic E-state index is 0.168. The third-order valence-electron chi connectivity index (χ3n) is 1.48. The van der Waals surface area contributed by atoms with Gasteiger partial charge < -0.3 is 9.26 Å². The molecule has 5 heteroatoms. The molecule has 0 fully saturated rings. The molecule has 0 saturated heterocycles. The number of esters is 1. The van der Waals surface area contributed by atoms with Crippen LogP contribution >= 0.6 is 7.37 Å². The normalized spacial score (nSPS) is 15.2. The van der Waals surface area contributed by atoms with Crippen LogP contribution < -0.4 is 0 Å². The van der Waals surface area contributed by atoms with E-state index in [-0.39, 0.29) is 12.6 Å². The Morgan fingerprint density at radius 2 is 2.00 bits per heavy atom. The number of carbonyl (C=O) groups excluding carboxylic acids is 1. The van der Waals surface area contributed by atoms with Crippen molar-refractivity contribution in [2.24, 2.45) is 5.92 Å². The van der Waals surface area contributed by atoms with E-state index in [4.69, 9.17) is 9.26 Å². The lowest BCUT2D eigenvalue weighted by Crippen LogP contribution is -2.08. The molecule has 84 valence electrons. The van der Waals surface area contributed by atoms with Crippen molar-refractivity contribution in [3.05, 3.63) is 0 Å². The molecule has 0 aromatic heterocycles. The highest BCUT2D eigenvalue weighted by atomic mass is 31.2. The average molecular weight is 222 g/mol. The molecule has 0 radical (unpaired) electrons. The van der Waals surface area contributed by atoms with Gasteiger partial charge in [0.2, 0.25) is 7.37 Å². The van der Waals surface area contributed by atoms with Crippen molar-refractivity contribution in [3.8, 4) is 0 Å². The van der Waals surface area contributed by atoms with Gasteiger partial charge in [0.05, 0.1) is 12.8 Å². The maximum absolute atomic E-state index is 11.7. The molecule has 0 aromatic carbocycles. The largest absolute Gasteiger partial charge is 0.465 e. The van der Waals surface area contributed by atoms with Crippen LogP contribution in [0.15, 0.2) is 0 Å². The quantitative estimate of drug-likeness (QED) is 0.510. The summed E-state index contributed by atoms with van der Waals surface area (Å²) in [5, 5.41) is 0. The number of hydrogen-bond donors (Lipinski definition) is 0. The third-order valence-corrected chi connectivity index (χ3v) is 3.17. The van der Waals surface area contributed by atoms with E-state index in [1.165, 1.54) is 6.92 Å². The Bertz CT molecular complexity index is 225. The van der Waals surface area contributed by atoms with E-state index < -0.39 is 7.37 Å². The molecule has 0 amide bonds. The van der Waals surface area contributed by atoms with Gasteiger partial charge in [-0.05, 0) is 5.92 Å². The van der Waals surface area contributed by atoms with Gasteiger partial charge in [0.15, 0.2) is 0 Å². The van der Waals surface area contributed by atoms with Gasteiger partial charge in [-0.15, -0.1) is 0 Å². The van der Waals surface area contributed by atoms with E-state index in [0.29, 0.717) is 18.7 Å². The van der Waals surface area contributed by atoms with Crippen molar-refractivity contribution >= 4 is 13.3 Å². The first-order chi connectivity index (χ1) is 6.33. The summed E-state index contributed by atoms with van der Waals surface area (Å²) in [7, 11) is -2.58. The fraction of sp³-hybridized carbons (Fsp3) is 0.889. The van der Waals surface area contributed by atoms with Crippen LogP contribution in [0.3, 0.4) is 0 Å². The van der Waals surface area contributed by atoms with Crippen LogP contribution in [0, 0.1) is 5.92 Å². The Kier molecular flexibility index (Phi) is 6.05. The lowest BCUT2D eigenvalue weighted by molar-refractivity contribution is -0.140. The Labute approximate surface area is 85.4 Å². The van der Waals surface area contributed by atoms with Crippen molar-refractivity contribution in [1.29, 1.82) is 0 Å². The Morgan fingerprint density at radius 3 is 2.43 bits per heavy atom. The Morgan fingerprint density at radius 1 is 1.43 bits per heavy atom. The fourth-order valence-electron chi connectivity index (χ4n) is 0.726. The summed E-state index contributed by atoms with van der Waals surface area (Å²) in [6.07, 6.45) is 0.291. The summed E-state index contributed by atoms with van der Waals surface area (Å²) < 4.78 is 21.6. The van der Waals surface area contributed by atoms with Crippen LogP contribution in [0.2, 0.25) is 0 Å². The molecule has 0 aliphatic rings. The minimum Gasteiger partial charge on any atom is -0.465 e. The van der Waals surface area contributed by atoms with Crippen molar-refractivity contribution in [2.45, 2.75) is 20.8 Å². The molecule has 14 heavy (non-hydrogen) atoms. The predicted molar refractivity (Wildman–Crippen MR) is 55.8 cm³/mol. The summed E-state index contributed by atoms with van der Waals surface area (Å²) in [5.41, 5.74) is 0. The maximum Gasteiger partial charge on any atom is 0.302 e. The lowest BCUT2D eigenvalue weighted by atomic mass is 10.2. The van der Waals surface area contributed by atoms with Gasteiger partial charge in [0.1, 0.15) is 6.61 Å². The SMILES string of the molecule is CC(=O)OCCP(C)(=O)OCC(C)C. The molecule has 0 aliphatic carbocycles. The van der Waals surface area contributed by atoms with Crippen LogP contribution in [0.25, 0.3) is 0 Å². The molecule has 0 bridgehead atoms. The van der Waals surface area contributed by atoms with Crippen LogP contribution in [-0.4, -0.2) is 32.0 Å². The van der Waals surface area contributed by atoms with Gasteiger partial charge in [-0.3, -0.25) is 9.36 Å². The standard InChI is InChI=1S/C9H19O4P/c1-8(2)7-13-14(4,11)6-5-12-9(3)10/h8H,5-7H2,1-4H3. The predicted octanol–water partition coefficient (Wildman–Crippen LogP) is 2.13. The van der Waals surface area contributed by atoms with E-state index in [9.17, 15) is 9.36 Å². The first-order valence-electron chi connectivity index (χ1n) is 4.68. The second-order valence-electron chi connectivity index (χ2n) is 3.77. The third kappa shape index (κ3) is 8.27. The molecule has 0 aliphatic heterocycles. The van der Waals surface area contributed by atoms with Crippen LogP contribution in [0.1, 0.15) is 20.8 Å². The summed E-state index contributed by atoms with van der Waals surface area (Å²) in [5.74, 6) is 0.00543. The van der Waals surface area contributed by atoms with Gasteiger partial charge in [-0.25, -0.2) is 0 Å². The van der Waals surface area contributed by atoms with Crippen LogP contribution in [0.5, 0.6) is 0 Å². The molecule has 0 rings (SSSR count). The van der Waals surface area contributed by atoms with Crippen molar-refractivity contribution < 1.29 is 18.6 Å². The fourth-order valence-corrected chi connectivity index (χ4v) is 1.89. The zero-order valence-electron chi connectivity index (χ0n) is 9.28. The summed E-state index contributed by atoms with van der Waals surface area (Å²) in [4.78, 5) is 10.4. The molecule has 0 N–H and O–H groups in total. The van der Waals surface area contributed by atoms with Crippen LogP contribution in [0.4, 0.5) is 0 Å². The van der Waals surface area contributed by atoms with Gasteiger partial charge >= 0.3 is 5.97 Å². The van der Waals surface area contributed by atoms with Gasteiger partial charge in [0, 0.05) is 13.6 Å². The Balaban J connectivity index is 3.72. The highest BCUT2D eigenvalue weighted by Crippen LogP contribution is 2.42. The second-order valence-corrected chi connectivity index (χ2v) is 6.50. The monoisotopic (exact) mass is 222 g/mol. The van der Waals surface area contributed by atoms with E-state index >= 15 is 0 Å². The first-order valence-corrected chi connectivity index (χ1v) is 6.93. The van der Waals surface area contributed by atoms with Crippen molar-refractivity contribution in [3.63, 3.8) is 0 Å². The number of rotatable bonds is 6. The van der Waals surface area contributed by atoms with E-state index in [1.54, 1.807) is 6.66 Å². The zero-order chi connectivity index (χ0) is 11.2. The molecular weight excluding hydrogens is 203 g/mol. The molecule has 1 unspecified atom stereocenters. The summed E-state index contributed by atoms with van der Waals surface area (Å²) in [6, 6.07) is 0. The lowest BCUT2D eigenvalue weighted by Gasteiger charge is -2.15. The summed E-state index contributed by atoms with van der Waals surface area (Å²) in [6.45, 7) is 7.53. The smallest absolute Gasteiger partial charge is 0.302 e. The van der Waals surface area contributed by atoms with Gasteiger partial charge in [-0.2, -0.15) is 0 Å². The van der Waals surface area contributed by atoms with Crippen molar-refractivity contribution in [1.82, 2.24) is 0 Å². The van der Waals surface area contributed by atoms with E-state index in [0.717, 1.165) is 0 Å². The topological polar surface area (TPSA) is 52.6 Å². The van der Waals surface area contributed by atoms with Gasteiger partial charge in [-0.1, -0.05) is 13.8 Å². The van der Waals surface area contributed by atoms with Crippen molar-refractivity contribution in [2.75, 3.05) is 26.0 Å². The summed E-state index contributed by atoms with van der Waals surface area (Å²) >= 11 is 0. The average Bonchev–Trinajstić information content (AvgIpc) is 2.00. The molecule has 1 atom stereocenters. The number of ether oxygens (including phenoxy) is 1. The van der Waals surface area contributed by atoms with E-state index in [1.807, 2.05) is 13.8 Å². The van der Waals surface area contributed by atoms with Crippen LogP contribution in [-0.2, 0) is 18.6 Å². The first kappa shape index (κ1) is 13.7. The maximum atomic E-state index is 11.7. The number of carbonyl (C=O) groups is 1. The molecule has 0 aromatic rings. The molecule has 4 nitrogen and oxygen atoms in total. The molecule has 0 saturated carbocycles. The molecular formula is C9H19O4P. The zero-order valence-corrected chi connectivity index (χ0v) is 10.2.